The zero-order valence-corrected chi connectivity index (χ0v) is 19.5. The van der Waals surface area contributed by atoms with Crippen molar-refractivity contribution in [3.8, 4) is 11.5 Å². The molecule has 2 heterocycles. The lowest BCUT2D eigenvalue weighted by Crippen LogP contribution is -2.50. The summed E-state index contributed by atoms with van der Waals surface area (Å²) in [6.45, 7) is 5.54. The summed E-state index contributed by atoms with van der Waals surface area (Å²) < 4.78 is 16.6. The van der Waals surface area contributed by atoms with Gasteiger partial charge in [0.15, 0.2) is 5.96 Å². The molecule has 0 saturated carbocycles. The number of aliphatic imine (C=N–C) groups is 1. The minimum atomic E-state index is 0.239. The number of ether oxygens (including phenoxy) is 3. The minimum Gasteiger partial charge on any atom is -0.497 e. The highest BCUT2D eigenvalue weighted by Gasteiger charge is 2.32. The quantitative estimate of drug-likeness (QED) is 0.479. The first kappa shape index (κ1) is 23.0. The number of likely N-dealkylation sites (tertiary alicyclic amines) is 1. The van der Waals surface area contributed by atoms with Gasteiger partial charge in [-0.25, -0.2) is 0 Å². The average molecular weight is 437 g/mol. The first-order chi connectivity index (χ1) is 14.6. The van der Waals surface area contributed by atoms with E-state index in [0.717, 1.165) is 76.1 Å². The molecule has 0 aromatic heterocycles. The summed E-state index contributed by atoms with van der Waals surface area (Å²) in [5.74, 6) is 2.56. The van der Waals surface area contributed by atoms with Crippen molar-refractivity contribution < 1.29 is 14.2 Å². The van der Waals surface area contributed by atoms with Gasteiger partial charge in [0.1, 0.15) is 11.5 Å². The predicted molar refractivity (Wildman–Crippen MR) is 124 cm³/mol. The Balaban J connectivity index is 1.50. The molecular weight excluding hydrogens is 400 g/mol. The second kappa shape index (κ2) is 11.1. The van der Waals surface area contributed by atoms with E-state index in [2.05, 4.69) is 38.9 Å². The van der Waals surface area contributed by atoms with Crippen LogP contribution in [0, 0.1) is 0 Å². The molecule has 0 aliphatic carbocycles. The highest BCUT2D eigenvalue weighted by Crippen LogP contribution is 2.33. The van der Waals surface area contributed by atoms with E-state index in [-0.39, 0.29) is 4.75 Å². The molecule has 0 spiro atoms. The minimum absolute atomic E-state index is 0.239. The van der Waals surface area contributed by atoms with E-state index in [1.165, 1.54) is 5.56 Å². The topological polar surface area (TPSA) is 67.4 Å². The molecule has 1 atom stereocenters. The largest absolute Gasteiger partial charge is 0.497 e. The second-order valence-corrected chi connectivity index (χ2v) is 9.29. The maximum absolute atomic E-state index is 5.55. The van der Waals surface area contributed by atoms with Crippen molar-refractivity contribution in [3.63, 3.8) is 0 Å². The molecule has 8 heteroatoms. The number of hydrogen-bond donors (Lipinski definition) is 2. The lowest BCUT2D eigenvalue weighted by atomic mass is 9.99. The smallest absolute Gasteiger partial charge is 0.191 e. The number of benzene rings is 1. The number of hydrogen-bond acceptors (Lipinski definition) is 6. The molecule has 1 aromatic rings. The zero-order chi connectivity index (χ0) is 21.4. The summed E-state index contributed by atoms with van der Waals surface area (Å²) in [5, 5.41) is 7.18. The Kier molecular flexibility index (Phi) is 8.53. The van der Waals surface area contributed by atoms with Gasteiger partial charge in [0.05, 0.1) is 14.2 Å². The standard InChI is InChI=1S/C22H36N4O3S/c1-23-21(24-16-22(30-4)6-9-29-10-7-22)25-18-5-8-26(15-18)14-17-11-19(27-2)13-20(12-17)28-3/h11-13,18H,5-10,14-16H2,1-4H3,(H2,23,24,25). The molecule has 2 fully saturated rings. The van der Waals surface area contributed by atoms with Gasteiger partial charge >= 0.3 is 0 Å². The molecule has 0 bridgehead atoms. The van der Waals surface area contributed by atoms with Gasteiger partial charge in [0.2, 0.25) is 0 Å². The molecule has 3 rings (SSSR count). The first-order valence-electron chi connectivity index (χ1n) is 10.6. The number of nitrogens with one attached hydrogen (secondary N) is 2. The Morgan fingerprint density at radius 1 is 1.23 bits per heavy atom. The number of nitrogens with zero attached hydrogens (tertiary/aromatic N) is 2. The van der Waals surface area contributed by atoms with Crippen LogP contribution in [0.25, 0.3) is 0 Å². The molecule has 0 amide bonds. The van der Waals surface area contributed by atoms with E-state index in [9.17, 15) is 0 Å². The van der Waals surface area contributed by atoms with Crippen LogP contribution in [0.2, 0.25) is 0 Å². The summed E-state index contributed by atoms with van der Waals surface area (Å²) in [4.78, 5) is 6.92. The Morgan fingerprint density at radius 3 is 2.53 bits per heavy atom. The summed E-state index contributed by atoms with van der Waals surface area (Å²) in [6.07, 6.45) is 5.47. The van der Waals surface area contributed by atoms with Crippen molar-refractivity contribution in [2.45, 2.75) is 36.6 Å². The Hall–Kier alpha value is -1.64. The summed E-state index contributed by atoms with van der Waals surface area (Å²) >= 11 is 1.94. The molecule has 1 unspecified atom stereocenters. The Labute approximate surface area is 184 Å². The predicted octanol–water partition coefficient (Wildman–Crippen LogP) is 2.36. The fraction of sp³-hybridized carbons (Fsp3) is 0.682. The SMILES string of the molecule is CN=C(NCC1(SC)CCOCC1)NC1CCN(Cc2cc(OC)cc(OC)c2)C1. The van der Waals surface area contributed by atoms with Crippen molar-refractivity contribution in [3.05, 3.63) is 23.8 Å². The molecule has 7 nitrogen and oxygen atoms in total. The van der Waals surface area contributed by atoms with Crippen LogP contribution in [0.15, 0.2) is 23.2 Å². The fourth-order valence-corrected chi connectivity index (χ4v) is 4.93. The van der Waals surface area contributed by atoms with Gasteiger partial charge < -0.3 is 24.8 Å². The molecule has 2 aliphatic rings. The molecule has 2 saturated heterocycles. The molecule has 30 heavy (non-hydrogen) atoms. The van der Waals surface area contributed by atoms with Gasteiger partial charge in [-0.15, -0.1) is 0 Å². The lowest BCUT2D eigenvalue weighted by molar-refractivity contribution is 0.0782. The molecule has 168 valence electrons. The van der Waals surface area contributed by atoms with Crippen LogP contribution in [-0.4, -0.2) is 82.0 Å². The van der Waals surface area contributed by atoms with Gasteiger partial charge in [0, 0.05) is 63.3 Å². The van der Waals surface area contributed by atoms with Crippen molar-refractivity contribution in [1.29, 1.82) is 0 Å². The maximum atomic E-state index is 5.55. The number of thioether (sulfide) groups is 1. The van der Waals surface area contributed by atoms with Gasteiger partial charge in [-0.05, 0) is 43.2 Å². The van der Waals surface area contributed by atoms with E-state index in [1.54, 1.807) is 14.2 Å². The summed E-state index contributed by atoms with van der Waals surface area (Å²) in [5.41, 5.74) is 1.20. The highest BCUT2D eigenvalue weighted by molar-refractivity contribution is 8.00. The number of methoxy groups -OCH3 is 2. The molecule has 0 radical (unpaired) electrons. The second-order valence-electron chi connectivity index (χ2n) is 8.01. The van der Waals surface area contributed by atoms with Gasteiger partial charge in [-0.2, -0.15) is 11.8 Å². The van der Waals surface area contributed by atoms with E-state index in [0.29, 0.717) is 6.04 Å². The average Bonchev–Trinajstić information content (AvgIpc) is 3.23. The molecular formula is C22H36N4O3S. The van der Waals surface area contributed by atoms with Gasteiger partial charge in [0.25, 0.3) is 0 Å². The molecule has 1 aromatic carbocycles. The molecule has 2 N–H and O–H groups in total. The first-order valence-corrected chi connectivity index (χ1v) is 11.9. The van der Waals surface area contributed by atoms with Crippen molar-refractivity contribution in [2.75, 3.05) is 60.4 Å². The monoisotopic (exact) mass is 436 g/mol. The van der Waals surface area contributed by atoms with Crippen LogP contribution in [0.5, 0.6) is 11.5 Å². The highest BCUT2D eigenvalue weighted by atomic mass is 32.2. The number of guanidine groups is 1. The van der Waals surface area contributed by atoms with E-state index in [1.807, 2.05) is 24.9 Å². The number of rotatable bonds is 8. The third-order valence-corrected chi connectivity index (χ3v) is 7.49. The van der Waals surface area contributed by atoms with Crippen LogP contribution < -0.4 is 20.1 Å². The zero-order valence-electron chi connectivity index (χ0n) is 18.7. The van der Waals surface area contributed by atoms with Crippen LogP contribution in [0.4, 0.5) is 0 Å². The van der Waals surface area contributed by atoms with Gasteiger partial charge in [-0.1, -0.05) is 0 Å². The van der Waals surface area contributed by atoms with Crippen molar-refractivity contribution >= 4 is 17.7 Å². The van der Waals surface area contributed by atoms with Crippen molar-refractivity contribution in [1.82, 2.24) is 15.5 Å². The molecule has 2 aliphatic heterocycles. The Bertz CT molecular complexity index is 687. The summed E-state index contributed by atoms with van der Waals surface area (Å²) in [7, 11) is 5.23. The van der Waals surface area contributed by atoms with E-state index >= 15 is 0 Å². The van der Waals surface area contributed by atoms with E-state index < -0.39 is 0 Å². The summed E-state index contributed by atoms with van der Waals surface area (Å²) in [6, 6.07) is 6.47. The third kappa shape index (κ3) is 6.18. The van der Waals surface area contributed by atoms with E-state index in [4.69, 9.17) is 14.2 Å². The van der Waals surface area contributed by atoms with Crippen LogP contribution in [-0.2, 0) is 11.3 Å². The normalized spacial score (nSPS) is 22.0. The van der Waals surface area contributed by atoms with Crippen LogP contribution in [0.1, 0.15) is 24.8 Å². The lowest BCUT2D eigenvalue weighted by Gasteiger charge is -2.36. The van der Waals surface area contributed by atoms with Crippen LogP contribution in [0.3, 0.4) is 0 Å². The van der Waals surface area contributed by atoms with Gasteiger partial charge in [-0.3, -0.25) is 9.89 Å². The Morgan fingerprint density at radius 2 is 1.93 bits per heavy atom. The third-order valence-electron chi connectivity index (χ3n) is 6.07. The maximum Gasteiger partial charge on any atom is 0.191 e. The van der Waals surface area contributed by atoms with Crippen molar-refractivity contribution in [2.24, 2.45) is 4.99 Å². The van der Waals surface area contributed by atoms with Crippen LogP contribution >= 0.6 is 11.8 Å². The fourth-order valence-electron chi connectivity index (χ4n) is 4.14.